The molecular weight excluding hydrogens is 362 g/mol. The average Bonchev–Trinajstić information content (AvgIpc) is 2.58. The Hall–Kier alpha value is -0.390. The van der Waals surface area contributed by atoms with Crippen molar-refractivity contribution in [2.75, 3.05) is 6.61 Å². The van der Waals surface area contributed by atoms with E-state index in [1.54, 1.807) is 6.07 Å². The lowest BCUT2D eigenvalue weighted by atomic mass is 9.94. The monoisotopic (exact) mass is 375 g/mol. The lowest BCUT2D eigenvalue weighted by Gasteiger charge is -2.29. The van der Waals surface area contributed by atoms with Gasteiger partial charge in [0.25, 0.3) is 5.91 Å². The van der Waals surface area contributed by atoms with Crippen LogP contribution in [0.25, 0.3) is 0 Å². The minimum atomic E-state index is -0.288. The second-order valence-corrected chi connectivity index (χ2v) is 6.53. The summed E-state index contributed by atoms with van der Waals surface area (Å²) in [7, 11) is 0. The number of ether oxygens (including phenoxy) is 1. The van der Waals surface area contributed by atoms with Gasteiger partial charge in [-0.15, -0.1) is 0 Å². The zero-order valence-corrected chi connectivity index (χ0v) is 13.5. The second-order valence-electron chi connectivity index (χ2n) is 4.76. The summed E-state index contributed by atoms with van der Waals surface area (Å²) in [6, 6.07) is 5.52. The summed E-state index contributed by atoms with van der Waals surface area (Å²) in [5.41, 5.74) is 0.349. The van der Waals surface area contributed by atoms with Crippen molar-refractivity contribution in [3.8, 4) is 0 Å². The molecule has 2 unspecified atom stereocenters. The molecule has 1 aliphatic rings. The van der Waals surface area contributed by atoms with E-state index in [0.29, 0.717) is 12.2 Å². The highest BCUT2D eigenvalue weighted by Gasteiger charge is 2.38. The van der Waals surface area contributed by atoms with Crippen molar-refractivity contribution in [3.05, 3.63) is 32.7 Å². The van der Waals surface area contributed by atoms with Crippen LogP contribution in [0.2, 0.25) is 0 Å². The molecule has 1 fully saturated rings. The summed E-state index contributed by atoms with van der Waals surface area (Å²) in [6.07, 6.45) is 0.879. The van der Waals surface area contributed by atoms with Crippen molar-refractivity contribution in [2.24, 2.45) is 0 Å². The Kier molecular flexibility index (Phi) is 4.14. The van der Waals surface area contributed by atoms with Gasteiger partial charge in [-0.3, -0.25) is 4.79 Å². The van der Waals surface area contributed by atoms with E-state index in [2.05, 4.69) is 37.2 Å². The third kappa shape index (κ3) is 2.78. The lowest BCUT2D eigenvalue weighted by Crippen LogP contribution is -2.50. The molecule has 1 aliphatic heterocycles. The van der Waals surface area contributed by atoms with E-state index >= 15 is 0 Å². The number of halogens is 2. The number of carbonyl (C=O) groups is 1. The summed E-state index contributed by atoms with van der Waals surface area (Å²) >= 11 is 6.78. The van der Waals surface area contributed by atoms with Crippen molar-refractivity contribution >= 4 is 37.8 Å². The highest BCUT2D eigenvalue weighted by molar-refractivity contribution is 9.11. The van der Waals surface area contributed by atoms with Gasteiger partial charge in [0.2, 0.25) is 0 Å². The molecule has 2 atom stereocenters. The van der Waals surface area contributed by atoms with E-state index in [0.717, 1.165) is 15.4 Å². The fourth-order valence-electron chi connectivity index (χ4n) is 2.00. The fraction of sp³-hybridized carbons (Fsp3) is 0.462. The molecule has 1 aromatic rings. The van der Waals surface area contributed by atoms with E-state index in [4.69, 9.17) is 4.74 Å². The second kappa shape index (κ2) is 5.31. The molecule has 1 N–H and O–H groups in total. The van der Waals surface area contributed by atoms with E-state index in [1.807, 2.05) is 26.0 Å². The van der Waals surface area contributed by atoms with Gasteiger partial charge in [0.05, 0.1) is 17.2 Å². The summed E-state index contributed by atoms with van der Waals surface area (Å²) in [4.78, 5) is 12.3. The van der Waals surface area contributed by atoms with Gasteiger partial charge in [0, 0.05) is 15.6 Å². The molecule has 18 heavy (non-hydrogen) atoms. The van der Waals surface area contributed by atoms with Crippen molar-refractivity contribution in [1.82, 2.24) is 5.32 Å². The molecule has 3 nitrogen and oxygen atoms in total. The Morgan fingerprint density at radius 2 is 2.22 bits per heavy atom. The minimum absolute atomic E-state index is 0.0377. The number of rotatable bonds is 2. The average molecular weight is 377 g/mol. The molecule has 0 radical (unpaired) electrons. The first-order chi connectivity index (χ1) is 8.42. The molecule has 1 saturated heterocycles. The Morgan fingerprint density at radius 1 is 1.50 bits per heavy atom. The van der Waals surface area contributed by atoms with Gasteiger partial charge in [0.15, 0.2) is 0 Å². The molecule has 0 aromatic heterocycles. The van der Waals surface area contributed by atoms with Crippen LogP contribution in [0.5, 0.6) is 0 Å². The molecule has 2 rings (SSSR count). The zero-order chi connectivity index (χ0) is 13.3. The van der Waals surface area contributed by atoms with E-state index in [1.165, 1.54) is 0 Å². The van der Waals surface area contributed by atoms with Crippen LogP contribution < -0.4 is 5.32 Å². The zero-order valence-electron chi connectivity index (χ0n) is 10.3. The van der Waals surface area contributed by atoms with Gasteiger partial charge in [0.1, 0.15) is 0 Å². The molecule has 0 spiro atoms. The van der Waals surface area contributed by atoms with Crippen molar-refractivity contribution in [1.29, 1.82) is 0 Å². The first kappa shape index (κ1) is 14.0. The van der Waals surface area contributed by atoms with E-state index in [-0.39, 0.29) is 17.6 Å². The molecule has 1 aromatic carbocycles. The maximum atomic E-state index is 12.3. The smallest absolute Gasteiger partial charge is 0.252 e. The van der Waals surface area contributed by atoms with Crippen LogP contribution in [0.1, 0.15) is 30.6 Å². The van der Waals surface area contributed by atoms with E-state index in [9.17, 15) is 4.79 Å². The van der Waals surface area contributed by atoms with Crippen molar-refractivity contribution in [3.63, 3.8) is 0 Å². The quantitative estimate of drug-likeness (QED) is 0.857. The number of hydrogen-bond donors (Lipinski definition) is 1. The fourth-order valence-corrected chi connectivity index (χ4v) is 3.23. The van der Waals surface area contributed by atoms with Crippen LogP contribution >= 0.6 is 31.9 Å². The highest BCUT2D eigenvalue weighted by atomic mass is 79.9. The minimum Gasteiger partial charge on any atom is -0.376 e. The van der Waals surface area contributed by atoms with Gasteiger partial charge in [-0.1, -0.05) is 15.9 Å². The Labute approximate surface area is 124 Å². The molecule has 5 heteroatoms. The molecule has 0 saturated carbocycles. The maximum Gasteiger partial charge on any atom is 0.252 e. The van der Waals surface area contributed by atoms with Crippen LogP contribution in [-0.4, -0.2) is 24.2 Å². The lowest BCUT2D eigenvalue weighted by molar-refractivity contribution is 0.0727. The van der Waals surface area contributed by atoms with Crippen LogP contribution in [0, 0.1) is 0 Å². The summed E-state index contributed by atoms with van der Waals surface area (Å²) in [5.74, 6) is -0.0748. The predicted octanol–water partition coefficient (Wildman–Crippen LogP) is 3.51. The largest absolute Gasteiger partial charge is 0.376 e. The third-order valence-corrected chi connectivity index (χ3v) is 4.61. The molecule has 0 bridgehead atoms. The van der Waals surface area contributed by atoms with Gasteiger partial charge in [-0.25, -0.2) is 0 Å². The Morgan fingerprint density at radius 3 is 2.78 bits per heavy atom. The van der Waals surface area contributed by atoms with Crippen LogP contribution in [-0.2, 0) is 4.74 Å². The molecule has 1 amide bonds. The predicted molar refractivity (Wildman–Crippen MR) is 77.7 cm³/mol. The SMILES string of the molecule is CC1OCCC1(C)NC(=O)c1ccc(Br)cc1Br. The number of carbonyl (C=O) groups excluding carboxylic acids is 1. The normalized spacial score (nSPS) is 27.2. The van der Waals surface area contributed by atoms with Gasteiger partial charge in [-0.05, 0) is 54.4 Å². The summed E-state index contributed by atoms with van der Waals surface area (Å²) < 4.78 is 7.24. The standard InChI is InChI=1S/C13H15Br2NO2/c1-8-13(2,5-6-18-8)16-12(17)10-4-3-9(14)7-11(10)15/h3-4,7-8H,5-6H2,1-2H3,(H,16,17). The maximum absolute atomic E-state index is 12.3. The summed E-state index contributed by atoms with van der Waals surface area (Å²) in [5, 5.41) is 3.07. The first-order valence-electron chi connectivity index (χ1n) is 5.81. The third-order valence-electron chi connectivity index (χ3n) is 3.46. The summed E-state index contributed by atoms with van der Waals surface area (Å²) in [6.45, 7) is 4.71. The molecular formula is C13H15Br2NO2. The van der Waals surface area contributed by atoms with Crippen LogP contribution in [0.15, 0.2) is 27.1 Å². The molecule has 1 heterocycles. The van der Waals surface area contributed by atoms with Crippen LogP contribution in [0.4, 0.5) is 0 Å². The van der Waals surface area contributed by atoms with E-state index < -0.39 is 0 Å². The Bertz CT molecular complexity index is 478. The van der Waals surface area contributed by atoms with Crippen molar-refractivity contribution in [2.45, 2.75) is 31.9 Å². The van der Waals surface area contributed by atoms with Gasteiger partial charge >= 0.3 is 0 Å². The number of hydrogen-bond acceptors (Lipinski definition) is 2. The van der Waals surface area contributed by atoms with Crippen LogP contribution in [0.3, 0.4) is 0 Å². The first-order valence-corrected chi connectivity index (χ1v) is 7.40. The van der Waals surface area contributed by atoms with Gasteiger partial charge in [-0.2, -0.15) is 0 Å². The highest BCUT2D eigenvalue weighted by Crippen LogP contribution is 2.27. The van der Waals surface area contributed by atoms with Gasteiger partial charge < -0.3 is 10.1 Å². The number of benzene rings is 1. The molecule has 98 valence electrons. The number of nitrogens with one attached hydrogen (secondary N) is 1. The number of amides is 1. The molecule has 0 aliphatic carbocycles. The Balaban J connectivity index is 2.17. The van der Waals surface area contributed by atoms with Crippen molar-refractivity contribution < 1.29 is 9.53 Å². The topological polar surface area (TPSA) is 38.3 Å².